The van der Waals surface area contributed by atoms with Gasteiger partial charge in [-0.05, 0) is 58.4 Å². The molecule has 1 heterocycles. The molecular weight excluding hydrogens is 284 g/mol. The normalized spacial score (nSPS) is 11.3. The molecule has 0 aliphatic carbocycles. The summed E-state index contributed by atoms with van der Waals surface area (Å²) >= 11 is 5.98. The van der Waals surface area contributed by atoms with Crippen LogP contribution in [-0.4, -0.2) is 15.5 Å². The maximum atomic E-state index is 5.98. The fraction of sp³-hybridized carbons (Fsp3) is 0.375. The number of hydrogen-bond donors (Lipinski definition) is 2. The Morgan fingerprint density at radius 2 is 1.67 bits per heavy atom. The third-order valence-electron chi connectivity index (χ3n) is 2.79. The lowest BCUT2D eigenvalue weighted by molar-refractivity contribution is 0.629. The van der Waals surface area contributed by atoms with Crippen LogP contribution < -0.4 is 10.6 Å². The van der Waals surface area contributed by atoms with E-state index < -0.39 is 0 Å². The molecule has 2 rings (SSSR count). The van der Waals surface area contributed by atoms with E-state index in [-0.39, 0.29) is 5.54 Å². The monoisotopic (exact) mass is 304 g/mol. The van der Waals surface area contributed by atoms with Gasteiger partial charge in [0.15, 0.2) is 0 Å². The molecule has 21 heavy (non-hydrogen) atoms. The van der Waals surface area contributed by atoms with E-state index in [1.165, 1.54) is 0 Å². The molecule has 2 aromatic rings. The van der Waals surface area contributed by atoms with Crippen LogP contribution >= 0.6 is 11.6 Å². The molecule has 0 atom stereocenters. The van der Waals surface area contributed by atoms with E-state index in [0.717, 1.165) is 33.7 Å². The van der Waals surface area contributed by atoms with Crippen LogP contribution in [0, 0.1) is 13.8 Å². The highest BCUT2D eigenvalue weighted by Crippen LogP contribution is 2.24. The van der Waals surface area contributed by atoms with E-state index in [0.29, 0.717) is 0 Å². The van der Waals surface area contributed by atoms with E-state index in [9.17, 15) is 0 Å². The third kappa shape index (κ3) is 4.60. The number of rotatable bonds is 3. The molecule has 0 spiro atoms. The lowest BCUT2D eigenvalue weighted by atomic mass is 10.1. The summed E-state index contributed by atoms with van der Waals surface area (Å²) in [7, 11) is 0. The molecule has 0 bridgehead atoms. The zero-order valence-corrected chi connectivity index (χ0v) is 13.8. The molecule has 2 N–H and O–H groups in total. The minimum Gasteiger partial charge on any atom is -0.365 e. The smallest absolute Gasteiger partial charge is 0.136 e. The summed E-state index contributed by atoms with van der Waals surface area (Å²) in [6.07, 6.45) is 0. The highest BCUT2D eigenvalue weighted by atomic mass is 35.5. The van der Waals surface area contributed by atoms with Crippen molar-refractivity contribution in [3.8, 4) is 0 Å². The number of nitrogens with one attached hydrogen (secondary N) is 2. The van der Waals surface area contributed by atoms with Crippen molar-refractivity contribution in [2.24, 2.45) is 0 Å². The molecule has 0 aliphatic rings. The van der Waals surface area contributed by atoms with E-state index in [1.54, 1.807) is 0 Å². The van der Waals surface area contributed by atoms with Crippen LogP contribution in [-0.2, 0) is 0 Å². The Labute approximate surface area is 131 Å². The van der Waals surface area contributed by atoms with Gasteiger partial charge in [-0.15, -0.1) is 0 Å². The Morgan fingerprint density at radius 3 is 2.29 bits per heavy atom. The molecule has 4 nitrogen and oxygen atoms in total. The van der Waals surface area contributed by atoms with Gasteiger partial charge in [0.05, 0.1) is 0 Å². The maximum Gasteiger partial charge on any atom is 0.136 e. The highest BCUT2D eigenvalue weighted by molar-refractivity contribution is 6.30. The summed E-state index contributed by atoms with van der Waals surface area (Å²) in [5.74, 6) is 2.29. The van der Waals surface area contributed by atoms with E-state index in [4.69, 9.17) is 11.6 Å². The number of halogens is 1. The summed E-state index contributed by atoms with van der Waals surface area (Å²) in [6.45, 7) is 10.2. The van der Waals surface area contributed by atoms with Gasteiger partial charge in [-0.3, -0.25) is 0 Å². The van der Waals surface area contributed by atoms with E-state index in [1.807, 2.05) is 38.1 Å². The molecule has 0 fully saturated rings. The summed E-state index contributed by atoms with van der Waals surface area (Å²) in [5, 5.41) is 7.40. The molecule has 5 heteroatoms. The minimum absolute atomic E-state index is 0.0474. The Hall–Kier alpha value is -1.81. The second-order valence-corrected chi connectivity index (χ2v) is 6.58. The molecule has 1 aromatic carbocycles. The fourth-order valence-corrected chi connectivity index (χ4v) is 2.21. The molecule has 0 aliphatic heterocycles. The highest BCUT2D eigenvalue weighted by Gasteiger charge is 2.12. The van der Waals surface area contributed by atoms with Crippen molar-refractivity contribution in [2.45, 2.75) is 40.2 Å². The summed E-state index contributed by atoms with van der Waals surface area (Å²) < 4.78 is 0. The van der Waals surface area contributed by atoms with E-state index in [2.05, 4.69) is 41.4 Å². The van der Waals surface area contributed by atoms with Crippen molar-refractivity contribution < 1.29 is 0 Å². The first-order valence-electron chi connectivity index (χ1n) is 6.90. The Balaban J connectivity index is 2.27. The van der Waals surface area contributed by atoms with Gasteiger partial charge in [-0.1, -0.05) is 11.6 Å². The van der Waals surface area contributed by atoms with Crippen molar-refractivity contribution >= 4 is 28.9 Å². The SMILES string of the molecule is Cc1nc(Nc2ccc(Cl)cc2C)cc(NC(C)(C)C)n1. The second kappa shape index (κ2) is 5.90. The number of nitrogens with zero attached hydrogens (tertiary/aromatic N) is 2. The van der Waals surface area contributed by atoms with Gasteiger partial charge in [-0.2, -0.15) is 0 Å². The number of anilines is 3. The van der Waals surface area contributed by atoms with Crippen molar-refractivity contribution in [1.82, 2.24) is 9.97 Å². The quantitative estimate of drug-likeness (QED) is 0.863. The average molecular weight is 305 g/mol. The molecule has 0 radical (unpaired) electrons. The van der Waals surface area contributed by atoms with Crippen LogP contribution in [0.25, 0.3) is 0 Å². The van der Waals surface area contributed by atoms with Crippen LogP contribution in [0.4, 0.5) is 17.3 Å². The van der Waals surface area contributed by atoms with Crippen LogP contribution in [0.3, 0.4) is 0 Å². The lowest BCUT2D eigenvalue weighted by Crippen LogP contribution is -2.27. The number of hydrogen-bond acceptors (Lipinski definition) is 4. The standard InChI is InChI=1S/C16H21ClN4/c1-10-8-12(17)6-7-13(10)20-14-9-15(19-11(2)18-14)21-16(3,4)5/h6-9H,1-5H3,(H2,18,19,20,21). The van der Waals surface area contributed by atoms with Crippen molar-refractivity contribution in [3.05, 3.63) is 40.7 Å². The van der Waals surface area contributed by atoms with Gasteiger partial charge >= 0.3 is 0 Å². The predicted octanol–water partition coefficient (Wildman–Crippen LogP) is 4.70. The number of aromatic nitrogens is 2. The average Bonchev–Trinajstić information content (AvgIpc) is 2.29. The molecule has 0 saturated heterocycles. The molecule has 0 saturated carbocycles. The maximum absolute atomic E-state index is 5.98. The Bertz CT molecular complexity index is 647. The molecular formula is C16H21ClN4. The van der Waals surface area contributed by atoms with Gasteiger partial charge < -0.3 is 10.6 Å². The Morgan fingerprint density at radius 1 is 1.00 bits per heavy atom. The number of aryl methyl sites for hydroxylation is 2. The van der Waals surface area contributed by atoms with Crippen molar-refractivity contribution in [1.29, 1.82) is 0 Å². The van der Waals surface area contributed by atoms with Crippen LogP contribution in [0.5, 0.6) is 0 Å². The van der Waals surface area contributed by atoms with Gasteiger partial charge in [0.2, 0.25) is 0 Å². The van der Waals surface area contributed by atoms with Gasteiger partial charge in [0.1, 0.15) is 17.5 Å². The first kappa shape index (κ1) is 15.6. The summed E-state index contributed by atoms with van der Waals surface area (Å²) in [6, 6.07) is 7.64. The third-order valence-corrected chi connectivity index (χ3v) is 3.03. The first-order valence-corrected chi connectivity index (χ1v) is 7.28. The van der Waals surface area contributed by atoms with Gasteiger partial charge in [0, 0.05) is 22.3 Å². The predicted molar refractivity (Wildman–Crippen MR) is 89.6 cm³/mol. The van der Waals surface area contributed by atoms with Gasteiger partial charge in [-0.25, -0.2) is 9.97 Å². The van der Waals surface area contributed by atoms with Crippen LogP contribution in [0.1, 0.15) is 32.2 Å². The topological polar surface area (TPSA) is 49.8 Å². The van der Waals surface area contributed by atoms with Crippen LogP contribution in [0.15, 0.2) is 24.3 Å². The van der Waals surface area contributed by atoms with E-state index >= 15 is 0 Å². The van der Waals surface area contributed by atoms with Crippen molar-refractivity contribution in [2.75, 3.05) is 10.6 Å². The minimum atomic E-state index is -0.0474. The van der Waals surface area contributed by atoms with Crippen LogP contribution in [0.2, 0.25) is 5.02 Å². The molecule has 112 valence electrons. The molecule has 0 amide bonds. The molecule has 1 aromatic heterocycles. The summed E-state index contributed by atoms with van der Waals surface area (Å²) in [5.41, 5.74) is 2.01. The zero-order chi connectivity index (χ0) is 15.6. The zero-order valence-electron chi connectivity index (χ0n) is 13.1. The largest absolute Gasteiger partial charge is 0.365 e. The molecule has 0 unspecified atom stereocenters. The van der Waals surface area contributed by atoms with Gasteiger partial charge in [0.25, 0.3) is 0 Å². The lowest BCUT2D eigenvalue weighted by Gasteiger charge is -2.22. The second-order valence-electron chi connectivity index (χ2n) is 6.14. The van der Waals surface area contributed by atoms with Crippen molar-refractivity contribution in [3.63, 3.8) is 0 Å². The summed E-state index contributed by atoms with van der Waals surface area (Å²) in [4.78, 5) is 8.84. The Kier molecular flexibility index (Phi) is 4.37. The first-order chi connectivity index (χ1) is 9.73. The fourth-order valence-electron chi connectivity index (χ4n) is 1.99. The number of benzene rings is 1.